The van der Waals surface area contributed by atoms with Crippen LogP contribution in [-0.4, -0.2) is 21.8 Å². The molecule has 0 aliphatic carbocycles. The van der Waals surface area contributed by atoms with E-state index in [1.165, 1.54) is 18.3 Å². The molecule has 2 aromatic carbocycles. The maximum Gasteiger partial charge on any atom is 0.340 e. The third kappa shape index (κ3) is 3.18. The summed E-state index contributed by atoms with van der Waals surface area (Å²) in [5.74, 6) is -1.38. The summed E-state index contributed by atoms with van der Waals surface area (Å²) in [7, 11) is 0. The van der Waals surface area contributed by atoms with Crippen molar-refractivity contribution in [3.8, 4) is 0 Å². The van der Waals surface area contributed by atoms with Crippen LogP contribution in [-0.2, 0) is 11.3 Å². The van der Waals surface area contributed by atoms with Gasteiger partial charge in [0.15, 0.2) is 0 Å². The zero-order valence-corrected chi connectivity index (χ0v) is 12.9. The van der Waals surface area contributed by atoms with Crippen molar-refractivity contribution in [1.29, 1.82) is 0 Å². The van der Waals surface area contributed by atoms with Crippen molar-refractivity contribution in [2.24, 2.45) is 5.73 Å². The van der Waals surface area contributed by atoms with Gasteiger partial charge < -0.3 is 15.5 Å². The van der Waals surface area contributed by atoms with Crippen LogP contribution in [0, 0.1) is 10.1 Å². The first-order chi connectivity index (χ1) is 12.0. The van der Waals surface area contributed by atoms with Gasteiger partial charge in [-0.2, -0.15) is 0 Å². The van der Waals surface area contributed by atoms with Gasteiger partial charge in [-0.1, -0.05) is 18.2 Å². The molecule has 0 bridgehead atoms. The molecule has 0 radical (unpaired) electrons. The minimum atomic E-state index is -0.773. The third-order valence-corrected chi connectivity index (χ3v) is 3.73. The number of benzene rings is 2. The Morgan fingerprint density at radius 3 is 2.68 bits per heavy atom. The Hall–Kier alpha value is -3.68. The average Bonchev–Trinajstić information content (AvgIpc) is 3.03. The molecule has 0 saturated carbocycles. The molecular weight excluding hydrogens is 326 g/mol. The number of nitrogens with one attached hydrogen (secondary N) is 1. The lowest BCUT2D eigenvalue weighted by Crippen LogP contribution is -2.12. The first-order valence-corrected chi connectivity index (χ1v) is 7.27. The lowest BCUT2D eigenvalue weighted by atomic mass is 10.1. The maximum absolute atomic E-state index is 12.3. The minimum absolute atomic E-state index is 0.0124. The number of amides is 1. The van der Waals surface area contributed by atoms with E-state index in [9.17, 15) is 19.7 Å². The number of primary amides is 1. The summed E-state index contributed by atoms with van der Waals surface area (Å²) in [6.07, 6.45) is 1.53. The SMILES string of the molecule is NC(=O)c1ccc(COC(=O)c2c[nH]c3ccccc23)c([N+](=O)[O-])c1. The molecule has 0 aliphatic heterocycles. The number of nitro groups is 1. The van der Waals surface area contributed by atoms with E-state index >= 15 is 0 Å². The molecule has 0 saturated heterocycles. The highest BCUT2D eigenvalue weighted by Crippen LogP contribution is 2.23. The van der Waals surface area contributed by atoms with Gasteiger partial charge in [0.05, 0.1) is 16.1 Å². The molecule has 0 spiro atoms. The van der Waals surface area contributed by atoms with Crippen LogP contribution in [0.25, 0.3) is 10.9 Å². The second-order valence-corrected chi connectivity index (χ2v) is 5.29. The van der Waals surface area contributed by atoms with E-state index in [2.05, 4.69) is 4.98 Å². The van der Waals surface area contributed by atoms with Crippen LogP contribution in [0.2, 0.25) is 0 Å². The number of aromatic amines is 1. The Morgan fingerprint density at radius 2 is 1.96 bits per heavy atom. The quantitative estimate of drug-likeness (QED) is 0.419. The molecule has 126 valence electrons. The van der Waals surface area contributed by atoms with Gasteiger partial charge in [-0.3, -0.25) is 14.9 Å². The molecule has 0 atom stereocenters. The Bertz CT molecular complexity index is 993. The van der Waals surface area contributed by atoms with Gasteiger partial charge in [-0.05, 0) is 18.2 Å². The van der Waals surface area contributed by atoms with Gasteiger partial charge in [-0.25, -0.2) is 4.79 Å². The number of carbonyl (C=O) groups excluding carboxylic acids is 2. The number of ether oxygens (including phenoxy) is 1. The topological polar surface area (TPSA) is 128 Å². The predicted molar refractivity (Wildman–Crippen MR) is 89.0 cm³/mol. The molecule has 8 nitrogen and oxygen atoms in total. The zero-order chi connectivity index (χ0) is 18.0. The van der Waals surface area contributed by atoms with Gasteiger partial charge in [0.1, 0.15) is 6.61 Å². The van der Waals surface area contributed by atoms with Gasteiger partial charge in [-0.15, -0.1) is 0 Å². The van der Waals surface area contributed by atoms with Crippen LogP contribution < -0.4 is 5.73 Å². The molecule has 0 unspecified atom stereocenters. The van der Waals surface area contributed by atoms with Crippen LogP contribution in [0.5, 0.6) is 0 Å². The molecule has 0 aliphatic rings. The summed E-state index contributed by atoms with van der Waals surface area (Å²) in [5.41, 5.74) is 6.10. The number of esters is 1. The highest BCUT2D eigenvalue weighted by molar-refractivity contribution is 6.04. The molecule has 1 heterocycles. The maximum atomic E-state index is 12.3. The van der Waals surface area contributed by atoms with Crippen molar-refractivity contribution in [2.45, 2.75) is 6.61 Å². The van der Waals surface area contributed by atoms with Crippen LogP contribution >= 0.6 is 0 Å². The van der Waals surface area contributed by atoms with Crippen LogP contribution in [0.3, 0.4) is 0 Å². The first kappa shape index (κ1) is 16.2. The summed E-state index contributed by atoms with van der Waals surface area (Å²) in [6, 6.07) is 11.0. The minimum Gasteiger partial charge on any atom is -0.457 e. The fraction of sp³-hybridized carbons (Fsp3) is 0.0588. The summed E-state index contributed by atoms with van der Waals surface area (Å²) >= 11 is 0. The number of rotatable bonds is 5. The van der Waals surface area contributed by atoms with Gasteiger partial charge >= 0.3 is 5.97 Å². The molecule has 1 amide bonds. The summed E-state index contributed by atoms with van der Waals surface area (Å²) < 4.78 is 5.19. The monoisotopic (exact) mass is 339 g/mol. The van der Waals surface area contributed by atoms with E-state index in [0.717, 1.165) is 11.6 Å². The summed E-state index contributed by atoms with van der Waals surface area (Å²) in [4.78, 5) is 36.9. The molecule has 1 aromatic heterocycles. The van der Waals surface area contributed by atoms with Crippen molar-refractivity contribution in [3.05, 3.63) is 75.5 Å². The normalized spacial score (nSPS) is 10.6. The first-order valence-electron chi connectivity index (χ1n) is 7.27. The van der Waals surface area contributed by atoms with E-state index in [1.807, 2.05) is 12.1 Å². The van der Waals surface area contributed by atoms with Crippen molar-refractivity contribution in [1.82, 2.24) is 4.98 Å². The molecule has 25 heavy (non-hydrogen) atoms. The van der Waals surface area contributed by atoms with Gasteiger partial charge in [0, 0.05) is 28.7 Å². The number of hydrogen-bond acceptors (Lipinski definition) is 5. The molecule has 3 rings (SSSR count). The van der Waals surface area contributed by atoms with Crippen molar-refractivity contribution in [2.75, 3.05) is 0 Å². The molecule has 3 aromatic rings. The van der Waals surface area contributed by atoms with E-state index in [-0.39, 0.29) is 23.4 Å². The van der Waals surface area contributed by atoms with E-state index < -0.39 is 16.8 Å². The van der Waals surface area contributed by atoms with Crippen LogP contribution in [0.15, 0.2) is 48.7 Å². The number of nitro benzene ring substituents is 1. The van der Waals surface area contributed by atoms with Gasteiger partial charge in [0.25, 0.3) is 5.69 Å². The van der Waals surface area contributed by atoms with Crippen LogP contribution in [0.1, 0.15) is 26.3 Å². The lowest BCUT2D eigenvalue weighted by molar-refractivity contribution is -0.385. The van der Waals surface area contributed by atoms with E-state index in [4.69, 9.17) is 10.5 Å². The standard InChI is InChI=1S/C17H13N3O5/c18-16(21)10-5-6-11(15(7-10)20(23)24)9-25-17(22)13-8-19-14-4-2-1-3-12(13)14/h1-8,19H,9H2,(H2,18,21). The fourth-order valence-corrected chi connectivity index (χ4v) is 2.47. The number of hydrogen-bond donors (Lipinski definition) is 2. The van der Waals surface area contributed by atoms with Crippen molar-refractivity contribution >= 4 is 28.5 Å². The zero-order valence-electron chi connectivity index (χ0n) is 12.9. The molecule has 0 fully saturated rings. The predicted octanol–water partition coefficient (Wildman–Crippen LogP) is 2.53. The Kier molecular flexibility index (Phi) is 4.17. The second-order valence-electron chi connectivity index (χ2n) is 5.29. The Balaban J connectivity index is 1.82. The Morgan fingerprint density at radius 1 is 1.20 bits per heavy atom. The second kappa shape index (κ2) is 6.44. The number of fused-ring (bicyclic) bond motifs is 1. The van der Waals surface area contributed by atoms with E-state index in [1.54, 1.807) is 12.1 Å². The van der Waals surface area contributed by atoms with Crippen LogP contribution in [0.4, 0.5) is 5.69 Å². The third-order valence-electron chi connectivity index (χ3n) is 3.73. The number of aromatic nitrogens is 1. The fourth-order valence-electron chi connectivity index (χ4n) is 2.47. The molecular formula is C17H13N3O5. The number of nitrogens with two attached hydrogens (primary N) is 1. The number of nitrogens with zero attached hydrogens (tertiary/aromatic N) is 1. The largest absolute Gasteiger partial charge is 0.457 e. The van der Waals surface area contributed by atoms with Gasteiger partial charge in [0.2, 0.25) is 5.91 Å². The van der Waals surface area contributed by atoms with E-state index in [0.29, 0.717) is 10.9 Å². The summed E-state index contributed by atoms with van der Waals surface area (Å²) in [5, 5.41) is 11.9. The molecule has 8 heteroatoms. The number of para-hydroxylation sites is 1. The van der Waals surface area contributed by atoms with Crippen molar-refractivity contribution < 1.29 is 19.2 Å². The number of carbonyl (C=O) groups is 2. The average molecular weight is 339 g/mol. The molecule has 3 N–H and O–H groups in total. The van der Waals surface area contributed by atoms with Crippen molar-refractivity contribution in [3.63, 3.8) is 0 Å². The highest BCUT2D eigenvalue weighted by Gasteiger charge is 2.19. The smallest absolute Gasteiger partial charge is 0.340 e. The lowest BCUT2D eigenvalue weighted by Gasteiger charge is -2.06. The number of H-pyrrole nitrogens is 1. The Labute approximate surface area is 141 Å². The summed E-state index contributed by atoms with van der Waals surface area (Å²) in [6.45, 7) is -0.298. The highest BCUT2D eigenvalue weighted by atomic mass is 16.6.